The van der Waals surface area contributed by atoms with Gasteiger partial charge in [0.1, 0.15) is 10.7 Å². The molecule has 0 aliphatic rings. The highest BCUT2D eigenvalue weighted by Crippen LogP contribution is 2.31. The van der Waals surface area contributed by atoms with Crippen molar-refractivity contribution in [3.8, 4) is 0 Å². The van der Waals surface area contributed by atoms with Gasteiger partial charge in [-0.2, -0.15) is 0 Å². The Kier molecular flexibility index (Phi) is 4.04. The van der Waals surface area contributed by atoms with Gasteiger partial charge in [0.15, 0.2) is 0 Å². The first-order chi connectivity index (χ1) is 9.39. The van der Waals surface area contributed by atoms with E-state index in [1.54, 1.807) is 6.20 Å². The number of anilines is 2. The number of nitrogens with zero attached hydrogens (tertiary/aromatic N) is 1. The standard InChI is InChI=1S/C16H19N3S/c1-16(2,3)11-7-4-5-8-12(11)19-13-9-6-10-18-14(13)15(17)20/h4-10,19H,1-3H3,(H2,17,20). The Hall–Kier alpha value is -1.94. The van der Waals surface area contributed by atoms with Crippen molar-refractivity contribution in [3.63, 3.8) is 0 Å². The first kappa shape index (κ1) is 14.5. The minimum Gasteiger partial charge on any atom is -0.388 e. The average molecular weight is 285 g/mol. The summed E-state index contributed by atoms with van der Waals surface area (Å²) in [6.07, 6.45) is 1.69. The Morgan fingerprint density at radius 2 is 1.75 bits per heavy atom. The minimum absolute atomic E-state index is 0.0508. The van der Waals surface area contributed by atoms with Crippen molar-refractivity contribution in [3.05, 3.63) is 53.9 Å². The van der Waals surface area contributed by atoms with Gasteiger partial charge in [-0.3, -0.25) is 4.98 Å². The van der Waals surface area contributed by atoms with E-state index in [0.717, 1.165) is 11.4 Å². The molecule has 0 aliphatic heterocycles. The number of nitrogens with one attached hydrogen (secondary N) is 1. The van der Waals surface area contributed by atoms with Crippen LogP contribution in [0.5, 0.6) is 0 Å². The first-order valence-electron chi connectivity index (χ1n) is 6.51. The largest absolute Gasteiger partial charge is 0.388 e. The van der Waals surface area contributed by atoms with E-state index in [1.807, 2.05) is 24.3 Å². The van der Waals surface area contributed by atoms with Gasteiger partial charge in [0.05, 0.1) is 5.69 Å². The molecule has 0 fully saturated rings. The quantitative estimate of drug-likeness (QED) is 0.843. The van der Waals surface area contributed by atoms with E-state index >= 15 is 0 Å². The SMILES string of the molecule is CC(C)(C)c1ccccc1Nc1cccnc1C(N)=S. The van der Waals surface area contributed by atoms with Crippen molar-refractivity contribution in [2.24, 2.45) is 5.73 Å². The maximum Gasteiger partial charge on any atom is 0.124 e. The fourth-order valence-corrected chi connectivity index (χ4v) is 2.26. The number of nitrogens with two attached hydrogens (primary N) is 1. The van der Waals surface area contributed by atoms with Crippen molar-refractivity contribution in [1.82, 2.24) is 4.98 Å². The third-order valence-corrected chi connectivity index (χ3v) is 3.24. The van der Waals surface area contributed by atoms with Crippen LogP contribution in [0.4, 0.5) is 11.4 Å². The monoisotopic (exact) mass is 285 g/mol. The van der Waals surface area contributed by atoms with Gasteiger partial charge in [-0.25, -0.2) is 0 Å². The number of aromatic nitrogens is 1. The third-order valence-electron chi connectivity index (χ3n) is 3.05. The van der Waals surface area contributed by atoms with E-state index in [2.05, 4.69) is 43.2 Å². The predicted molar refractivity (Wildman–Crippen MR) is 88.5 cm³/mol. The number of benzene rings is 1. The predicted octanol–water partition coefficient (Wildman–Crippen LogP) is 3.76. The molecule has 0 saturated carbocycles. The molecule has 0 spiro atoms. The highest BCUT2D eigenvalue weighted by Gasteiger charge is 2.18. The number of para-hydroxylation sites is 1. The van der Waals surface area contributed by atoms with Gasteiger partial charge in [0.2, 0.25) is 0 Å². The molecule has 0 saturated heterocycles. The molecule has 4 heteroatoms. The summed E-state index contributed by atoms with van der Waals surface area (Å²) < 4.78 is 0. The zero-order valence-electron chi connectivity index (χ0n) is 12.0. The molecule has 1 aromatic carbocycles. The summed E-state index contributed by atoms with van der Waals surface area (Å²) in [5.74, 6) is 0. The van der Waals surface area contributed by atoms with Crippen LogP contribution in [0, 0.1) is 0 Å². The second kappa shape index (κ2) is 5.59. The number of rotatable bonds is 3. The lowest BCUT2D eigenvalue weighted by Crippen LogP contribution is -2.16. The van der Waals surface area contributed by atoms with Crippen LogP contribution in [0.2, 0.25) is 0 Å². The van der Waals surface area contributed by atoms with Gasteiger partial charge in [-0.15, -0.1) is 0 Å². The summed E-state index contributed by atoms with van der Waals surface area (Å²) in [4.78, 5) is 4.53. The van der Waals surface area contributed by atoms with Crippen LogP contribution in [0.1, 0.15) is 32.0 Å². The molecule has 1 aromatic heterocycles. The van der Waals surface area contributed by atoms with Crippen molar-refractivity contribution in [2.75, 3.05) is 5.32 Å². The lowest BCUT2D eigenvalue weighted by Gasteiger charge is -2.23. The lowest BCUT2D eigenvalue weighted by atomic mass is 9.86. The Morgan fingerprint density at radius 3 is 2.40 bits per heavy atom. The molecule has 20 heavy (non-hydrogen) atoms. The van der Waals surface area contributed by atoms with Crippen molar-refractivity contribution in [2.45, 2.75) is 26.2 Å². The molecule has 0 unspecified atom stereocenters. The van der Waals surface area contributed by atoms with Crippen molar-refractivity contribution in [1.29, 1.82) is 0 Å². The maximum atomic E-state index is 5.72. The molecule has 2 rings (SSSR count). The summed E-state index contributed by atoms with van der Waals surface area (Å²) in [7, 11) is 0. The molecule has 104 valence electrons. The molecule has 0 aliphatic carbocycles. The molecular formula is C16H19N3S. The Balaban J connectivity index is 2.44. The molecule has 2 aromatic rings. The second-order valence-corrected chi connectivity index (χ2v) is 6.12. The molecule has 0 bridgehead atoms. The zero-order chi connectivity index (χ0) is 14.8. The Morgan fingerprint density at radius 1 is 1.10 bits per heavy atom. The minimum atomic E-state index is 0.0508. The van der Waals surface area contributed by atoms with Crippen LogP contribution >= 0.6 is 12.2 Å². The Bertz CT molecular complexity index is 630. The maximum absolute atomic E-state index is 5.72. The van der Waals surface area contributed by atoms with E-state index in [9.17, 15) is 0 Å². The highest BCUT2D eigenvalue weighted by molar-refractivity contribution is 7.80. The smallest absolute Gasteiger partial charge is 0.124 e. The summed E-state index contributed by atoms with van der Waals surface area (Å²) >= 11 is 5.05. The number of thiocarbonyl (C=S) groups is 1. The van der Waals surface area contributed by atoms with Gasteiger partial charge in [0.25, 0.3) is 0 Å². The van der Waals surface area contributed by atoms with Crippen LogP contribution in [0.3, 0.4) is 0 Å². The molecular weight excluding hydrogens is 266 g/mol. The van der Waals surface area contributed by atoms with E-state index in [1.165, 1.54) is 5.56 Å². The van der Waals surface area contributed by atoms with Gasteiger partial charge < -0.3 is 11.1 Å². The van der Waals surface area contributed by atoms with Crippen molar-refractivity contribution >= 4 is 28.6 Å². The highest BCUT2D eigenvalue weighted by atomic mass is 32.1. The fraction of sp³-hybridized carbons (Fsp3) is 0.250. The van der Waals surface area contributed by atoms with Crippen LogP contribution < -0.4 is 11.1 Å². The number of hydrogen-bond acceptors (Lipinski definition) is 3. The van der Waals surface area contributed by atoms with Gasteiger partial charge >= 0.3 is 0 Å². The molecule has 3 N–H and O–H groups in total. The van der Waals surface area contributed by atoms with Crippen molar-refractivity contribution < 1.29 is 0 Å². The van der Waals surface area contributed by atoms with Crippen LogP contribution in [0.15, 0.2) is 42.6 Å². The number of pyridine rings is 1. The van der Waals surface area contributed by atoms with Crippen LogP contribution in [-0.4, -0.2) is 9.97 Å². The fourth-order valence-electron chi connectivity index (χ4n) is 2.09. The molecule has 0 radical (unpaired) electrons. The summed E-state index contributed by atoms with van der Waals surface area (Å²) in [6, 6.07) is 12.0. The van der Waals surface area contributed by atoms with E-state index < -0.39 is 0 Å². The summed E-state index contributed by atoms with van der Waals surface area (Å²) in [6.45, 7) is 6.56. The van der Waals surface area contributed by atoms with Gasteiger partial charge in [-0.1, -0.05) is 51.2 Å². The van der Waals surface area contributed by atoms with Gasteiger partial charge in [-0.05, 0) is 29.2 Å². The average Bonchev–Trinajstić information content (AvgIpc) is 2.38. The second-order valence-electron chi connectivity index (χ2n) is 5.68. The zero-order valence-corrected chi connectivity index (χ0v) is 12.8. The first-order valence-corrected chi connectivity index (χ1v) is 6.92. The normalized spacial score (nSPS) is 11.2. The Labute approximate surface area is 125 Å². The molecule has 3 nitrogen and oxygen atoms in total. The molecule has 0 atom stereocenters. The summed E-state index contributed by atoms with van der Waals surface area (Å²) in [5.41, 5.74) is 9.50. The molecule has 0 amide bonds. The van der Waals surface area contributed by atoms with Crippen LogP contribution in [0.25, 0.3) is 0 Å². The van der Waals surface area contributed by atoms with Crippen LogP contribution in [-0.2, 0) is 5.41 Å². The lowest BCUT2D eigenvalue weighted by molar-refractivity contribution is 0.592. The number of hydrogen-bond donors (Lipinski definition) is 2. The summed E-state index contributed by atoms with van der Waals surface area (Å²) in [5, 5.41) is 3.40. The molecule has 1 heterocycles. The van der Waals surface area contributed by atoms with Gasteiger partial charge in [0, 0.05) is 11.9 Å². The third kappa shape index (κ3) is 3.14. The topological polar surface area (TPSA) is 50.9 Å². The van der Waals surface area contributed by atoms with E-state index in [4.69, 9.17) is 18.0 Å². The van der Waals surface area contributed by atoms with E-state index in [0.29, 0.717) is 10.7 Å². The van der Waals surface area contributed by atoms with E-state index in [-0.39, 0.29) is 5.41 Å².